The third kappa shape index (κ3) is 3.57. The molecule has 5 nitrogen and oxygen atoms in total. The molecule has 2 aliphatic rings. The van der Waals surface area contributed by atoms with E-state index in [2.05, 4.69) is 15.1 Å². The lowest BCUT2D eigenvalue weighted by Gasteiger charge is -2.11. The molecule has 5 rings (SSSR count). The van der Waals surface area contributed by atoms with Crippen molar-refractivity contribution >= 4 is 11.6 Å². The maximum atomic E-state index is 14.2. The summed E-state index contributed by atoms with van der Waals surface area (Å²) >= 11 is 5.94. The van der Waals surface area contributed by atoms with E-state index < -0.39 is 11.6 Å². The van der Waals surface area contributed by atoms with Crippen LogP contribution in [-0.4, -0.2) is 19.7 Å². The van der Waals surface area contributed by atoms with Gasteiger partial charge in [-0.25, -0.2) is 18.7 Å². The van der Waals surface area contributed by atoms with Crippen LogP contribution in [-0.2, 0) is 6.54 Å². The average molecular weight is 437 g/mol. The Morgan fingerprint density at radius 2 is 1.81 bits per heavy atom. The van der Waals surface area contributed by atoms with Crippen molar-refractivity contribution in [2.24, 2.45) is 0 Å². The molecular weight excluding hydrogens is 422 g/mol. The quantitative estimate of drug-likeness (QED) is 0.347. The number of hydrogen-bond donors (Lipinski definition) is 0. The maximum Gasteiger partial charge on any atom is 0.169 e. The fourth-order valence-corrected chi connectivity index (χ4v) is 3.55. The second-order valence-corrected chi connectivity index (χ2v) is 7.53. The molecule has 2 aromatic carbocycles. The molecule has 0 unspecified atom stereocenters. The van der Waals surface area contributed by atoms with Crippen molar-refractivity contribution in [1.82, 2.24) is 19.7 Å². The number of aromatic nitrogens is 4. The number of benzene rings is 2. The highest BCUT2D eigenvalue weighted by molar-refractivity contribution is 6.30. The van der Waals surface area contributed by atoms with Crippen LogP contribution in [0.4, 0.5) is 8.78 Å². The molecule has 1 aromatic heterocycles. The molecule has 3 heterocycles. The van der Waals surface area contributed by atoms with Crippen molar-refractivity contribution in [2.45, 2.75) is 13.5 Å². The van der Waals surface area contributed by atoms with E-state index >= 15 is 0 Å². The number of imidazole rings is 1. The standard InChI is InChI=1S/C23H15ClF2N4O/c1-13-22-19(27-23(28-22)17-3-2-4-18(25)21(17)26)9-10-30(13)12-16-11-20(29-31-16)14-5-7-15(24)8-6-14/h2-11H,12H2,1H3. The minimum atomic E-state index is -0.959. The van der Waals surface area contributed by atoms with Crippen LogP contribution in [0.15, 0.2) is 65.3 Å². The summed E-state index contributed by atoms with van der Waals surface area (Å²) in [5.41, 5.74) is 3.68. The molecular formula is C23H15ClF2N4O. The van der Waals surface area contributed by atoms with Gasteiger partial charge in [0.05, 0.1) is 17.8 Å². The Morgan fingerprint density at radius 3 is 2.61 bits per heavy atom. The highest BCUT2D eigenvalue weighted by Crippen LogP contribution is 2.30. The summed E-state index contributed by atoms with van der Waals surface area (Å²) in [4.78, 5) is 8.82. The molecule has 0 aliphatic carbocycles. The van der Waals surface area contributed by atoms with Crippen LogP contribution in [0.3, 0.4) is 0 Å². The van der Waals surface area contributed by atoms with Gasteiger partial charge in [0.1, 0.15) is 11.4 Å². The van der Waals surface area contributed by atoms with Crippen molar-refractivity contribution in [3.8, 4) is 34.0 Å². The molecule has 2 aliphatic heterocycles. The van der Waals surface area contributed by atoms with Crippen LogP contribution < -0.4 is 0 Å². The van der Waals surface area contributed by atoms with E-state index in [1.807, 2.05) is 35.9 Å². The van der Waals surface area contributed by atoms with E-state index in [-0.39, 0.29) is 11.4 Å². The van der Waals surface area contributed by atoms with Gasteiger partial charge in [-0.3, -0.25) is 0 Å². The predicted molar refractivity (Wildman–Crippen MR) is 113 cm³/mol. The third-order valence-electron chi connectivity index (χ3n) is 5.09. The number of hydrogen-bond acceptors (Lipinski definition) is 4. The van der Waals surface area contributed by atoms with E-state index in [0.29, 0.717) is 34.4 Å². The van der Waals surface area contributed by atoms with Gasteiger partial charge in [-0.2, -0.15) is 0 Å². The largest absolute Gasteiger partial charge is 0.359 e. The molecule has 154 valence electrons. The van der Waals surface area contributed by atoms with Crippen molar-refractivity contribution in [2.75, 3.05) is 0 Å². The lowest BCUT2D eigenvalue weighted by atomic mass is 10.1. The topological polar surface area (TPSA) is 56.7 Å². The van der Waals surface area contributed by atoms with Gasteiger partial charge < -0.3 is 9.09 Å². The van der Waals surface area contributed by atoms with E-state index in [1.165, 1.54) is 12.1 Å². The van der Waals surface area contributed by atoms with E-state index in [4.69, 9.17) is 16.1 Å². The Kier molecular flexibility index (Phi) is 4.75. The van der Waals surface area contributed by atoms with E-state index in [0.717, 1.165) is 17.3 Å². The molecule has 0 spiro atoms. The van der Waals surface area contributed by atoms with Crippen LogP contribution >= 0.6 is 11.6 Å². The van der Waals surface area contributed by atoms with Gasteiger partial charge in [-0.1, -0.05) is 35.0 Å². The molecule has 0 fully saturated rings. The van der Waals surface area contributed by atoms with E-state index in [1.54, 1.807) is 18.2 Å². The molecule has 0 radical (unpaired) electrons. The first-order chi connectivity index (χ1) is 15.0. The number of rotatable bonds is 4. The summed E-state index contributed by atoms with van der Waals surface area (Å²) in [5.74, 6) is -1.08. The van der Waals surface area contributed by atoms with Gasteiger partial charge >= 0.3 is 0 Å². The third-order valence-corrected chi connectivity index (χ3v) is 5.34. The Hall–Kier alpha value is -3.58. The first-order valence-corrected chi connectivity index (χ1v) is 9.87. The second-order valence-electron chi connectivity index (χ2n) is 7.10. The molecule has 8 heteroatoms. The predicted octanol–water partition coefficient (Wildman–Crippen LogP) is 5.99. The van der Waals surface area contributed by atoms with Crippen molar-refractivity contribution in [3.05, 3.63) is 88.9 Å². The second kappa shape index (κ2) is 7.59. The van der Waals surface area contributed by atoms with Crippen LogP contribution in [0.25, 0.3) is 34.0 Å². The Balaban J connectivity index is 1.46. The summed E-state index contributed by atoms with van der Waals surface area (Å²) in [6.07, 6.45) is 1.85. The summed E-state index contributed by atoms with van der Waals surface area (Å²) in [6, 6.07) is 15.0. The number of halogens is 3. The fourth-order valence-electron chi connectivity index (χ4n) is 3.43. The summed E-state index contributed by atoms with van der Waals surface area (Å²) < 4.78 is 35.2. The minimum absolute atomic E-state index is 0.0324. The van der Waals surface area contributed by atoms with Crippen molar-refractivity contribution < 1.29 is 13.3 Å². The number of fused-ring (bicyclic) bond motifs is 1. The first kappa shape index (κ1) is 19.4. The SMILES string of the molecule is Cc1c2nc(-c3cccc(F)c3F)nc-2ccn1Cc1cc(-c2ccc(Cl)cc2)no1. The summed E-state index contributed by atoms with van der Waals surface area (Å²) in [5, 5.41) is 4.78. The molecule has 0 amide bonds. The normalized spacial score (nSPS) is 11.4. The smallest absolute Gasteiger partial charge is 0.169 e. The average Bonchev–Trinajstić information content (AvgIpc) is 3.40. The highest BCUT2D eigenvalue weighted by atomic mass is 35.5. The number of pyridine rings is 1. The zero-order valence-electron chi connectivity index (χ0n) is 16.3. The van der Waals surface area contributed by atoms with Gasteiger partial charge in [0, 0.05) is 28.5 Å². The van der Waals surface area contributed by atoms with E-state index in [9.17, 15) is 8.78 Å². The van der Waals surface area contributed by atoms with Crippen molar-refractivity contribution in [1.29, 1.82) is 0 Å². The fraction of sp³-hybridized carbons (Fsp3) is 0.0870. The first-order valence-electron chi connectivity index (χ1n) is 9.49. The highest BCUT2D eigenvalue weighted by Gasteiger charge is 2.20. The monoisotopic (exact) mass is 436 g/mol. The van der Waals surface area contributed by atoms with Crippen LogP contribution in [0.2, 0.25) is 5.02 Å². The molecule has 0 N–H and O–H groups in total. The van der Waals surface area contributed by atoms with Crippen molar-refractivity contribution in [3.63, 3.8) is 0 Å². The van der Waals surface area contributed by atoms with Gasteiger partial charge in [-0.05, 0) is 37.3 Å². The number of nitrogens with zero attached hydrogens (tertiary/aromatic N) is 4. The molecule has 0 atom stereocenters. The lowest BCUT2D eigenvalue weighted by molar-refractivity contribution is 0.377. The van der Waals surface area contributed by atoms with Gasteiger partial charge in [0.25, 0.3) is 0 Å². The molecule has 3 aromatic rings. The molecule has 0 saturated carbocycles. The summed E-state index contributed by atoms with van der Waals surface area (Å²) in [7, 11) is 0. The minimum Gasteiger partial charge on any atom is -0.359 e. The Morgan fingerprint density at radius 1 is 1.00 bits per heavy atom. The van der Waals surface area contributed by atoms with Gasteiger partial charge in [0.15, 0.2) is 23.2 Å². The lowest BCUT2D eigenvalue weighted by Crippen LogP contribution is -2.05. The molecule has 31 heavy (non-hydrogen) atoms. The zero-order chi connectivity index (χ0) is 21.5. The van der Waals surface area contributed by atoms with Crippen LogP contribution in [0.1, 0.15) is 11.5 Å². The Bertz CT molecular complexity index is 1360. The zero-order valence-corrected chi connectivity index (χ0v) is 17.1. The maximum absolute atomic E-state index is 14.2. The molecule has 0 bridgehead atoms. The Labute approximate surface area is 181 Å². The van der Waals surface area contributed by atoms with Gasteiger partial charge in [-0.15, -0.1) is 0 Å². The van der Waals surface area contributed by atoms with Crippen LogP contribution in [0, 0.1) is 18.6 Å². The van der Waals surface area contributed by atoms with Crippen LogP contribution in [0.5, 0.6) is 0 Å². The summed E-state index contributed by atoms with van der Waals surface area (Å²) in [6.45, 7) is 2.32. The molecule has 0 saturated heterocycles. The van der Waals surface area contributed by atoms with Gasteiger partial charge in [0.2, 0.25) is 0 Å².